The SMILES string of the molecule is CCn1c(N)c(C2=CSC3=N[C@@H]4CCCC[C@H]4N23)c(=O)[nH]c1=O. The maximum Gasteiger partial charge on any atom is 0.329 e. The van der Waals surface area contributed by atoms with Crippen LogP contribution in [0.4, 0.5) is 5.82 Å². The predicted octanol–water partition coefficient (Wildman–Crippen LogP) is 1.17. The fourth-order valence-electron chi connectivity index (χ4n) is 3.75. The molecule has 1 fully saturated rings. The molecule has 0 amide bonds. The maximum atomic E-state index is 12.4. The van der Waals surface area contributed by atoms with Crippen LogP contribution in [0.2, 0.25) is 0 Å². The molecule has 0 radical (unpaired) electrons. The van der Waals surface area contributed by atoms with Gasteiger partial charge in [-0.05, 0) is 19.8 Å². The van der Waals surface area contributed by atoms with Gasteiger partial charge in [-0.25, -0.2) is 4.79 Å². The summed E-state index contributed by atoms with van der Waals surface area (Å²) in [6.07, 6.45) is 4.55. The number of anilines is 1. The van der Waals surface area contributed by atoms with Crippen LogP contribution >= 0.6 is 11.8 Å². The average Bonchev–Trinajstić information content (AvgIpc) is 3.07. The molecule has 8 heteroatoms. The number of nitrogens with one attached hydrogen (secondary N) is 1. The molecule has 0 saturated heterocycles. The first-order chi connectivity index (χ1) is 11.1. The first kappa shape index (κ1) is 14.6. The number of nitrogens with zero attached hydrogens (tertiary/aromatic N) is 3. The molecule has 122 valence electrons. The number of aromatic amines is 1. The lowest BCUT2D eigenvalue weighted by Crippen LogP contribution is -2.41. The van der Waals surface area contributed by atoms with Crippen molar-refractivity contribution in [2.75, 3.05) is 5.73 Å². The van der Waals surface area contributed by atoms with E-state index in [4.69, 9.17) is 10.7 Å². The van der Waals surface area contributed by atoms with Crippen molar-refractivity contribution in [3.05, 3.63) is 31.8 Å². The van der Waals surface area contributed by atoms with Crippen molar-refractivity contribution in [2.24, 2.45) is 4.99 Å². The number of rotatable bonds is 2. The highest BCUT2D eigenvalue weighted by Gasteiger charge is 2.43. The molecule has 3 heterocycles. The number of nitrogen functional groups attached to an aromatic ring is 1. The second kappa shape index (κ2) is 5.30. The highest BCUT2D eigenvalue weighted by molar-refractivity contribution is 8.16. The van der Waals surface area contributed by atoms with Crippen molar-refractivity contribution in [3.63, 3.8) is 0 Å². The standard InChI is InChI=1S/C15H19N5O2S/c1-2-19-12(16)11(13(21)18-14(19)22)10-7-23-15-17-8-5-3-4-6-9(8)20(10)15/h7-9H,2-6,16H2,1H3,(H,18,21,22)/t8-,9-/m1/s1. The van der Waals surface area contributed by atoms with E-state index in [1.165, 1.54) is 29.2 Å². The average molecular weight is 333 g/mol. The molecule has 1 aromatic rings. The molecule has 3 aliphatic rings. The highest BCUT2D eigenvalue weighted by Crippen LogP contribution is 2.44. The number of nitrogens with two attached hydrogens (primary N) is 1. The smallest absolute Gasteiger partial charge is 0.329 e. The van der Waals surface area contributed by atoms with Crippen molar-refractivity contribution in [2.45, 2.75) is 51.2 Å². The van der Waals surface area contributed by atoms with Crippen LogP contribution < -0.4 is 17.0 Å². The van der Waals surface area contributed by atoms with E-state index in [0.717, 1.165) is 23.7 Å². The summed E-state index contributed by atoms with van der Waals surface area (Å²) in [5, 5.41) is 2.87. The third kappa shape index (κ3) is 2.08. The van der Waals surface area contributed by atoms with Crippen LogP contribution in [-0.4, -0.2) is 31.7 Å². The minimum Gasteiger partial charge on any atom is -0.384 e. The minimum absolute atomic E-state index is 0.230. The lowest BCUT2D eigenvalue weighted by molar-refractivity contribution is 0.305. The van der Waals surface area contributed by atoms with E-state index in [-0.39, 0.29) is 5.82 Å². The Balaban J connectivity index is 1.82. The van der Waals surface area contributed by atoms with E-state index in [1.807, 2.05) is 12.3 Å². The van der Waals surface area contributed by atoms with E-state index in [2.05, 4.69) is 9.88 Å². The normalized spacial score (nSPS) is 25.9. The Labute approximate surface area is 137 Å². The second-order valence-electron chi connectivity index (χ2n) is 6.09. The molecule has 2 atom stereocenters. The van der Waals surface area contributed by atoms with Gasteiger partial charge in [0.25, 0.3) is 5.56 Å². The van der Waals surface area contributed by atoms with Gasteiger partial charge in [0.05, 0.1) is 17.8 Å². The van der Waals surface area contributed by atoms with Crippen molar-refractivity contribution in [1.82, 2.24) is 14.5 Å². The summed E-state index contributed by atoms with van der Waals surface area (Å²) >= 11 is 1.54. The van der Waals surface area contributed by atoms with Gasteiger partial charge in [-0.3, -0.25) is 19.3 Å². The van der Waals surface area contributed by atoms with Gasteiger partial charge in [0.15, 0.2) is 5.17 Å². The molecule has 2 aliphatic heterocycles. The van der Waals surface area contributed by atoms with Crippen molar-refractivity contribution < 1.29 is 0 Å². The quantitative estimate of drug-likeness (QED) is 0.847. The fourth-order valence-corrected chi connectivity index (χ4v) is 4.74. The summed E-state index contributed by atoms with van der Waals surface area (Å²) < 4.78 is 1.39. The Morgan fingerprint density at radius 3 is 2.96 bits per heavy atom. The molecule has 1 saturated carbocycles. The van der Waals surface area contributed by atoms with E-state index < -0.39 is 11.2 Å². The van der Waals surface area contributed by atoms with E-state index in [9.17, 15) is 9.59 Å². The van der Waals surface area contributed by atoms with Crippen LogP contribution in [0.15, 0.2) is 20.0 Å². The summed E-state index contributed by atoms with van der Waals surface area (Å²) in [5.74, 6) is 0.230. The Bertz CT molecular complexity index is 837. The fraction of sp³-hybridized carbons (Fsp3) is 0.533. The van der Waals surface area contributed by atoms with E-state index >= 15 is 0 Å². The van der Waals surface area contributed by atoms with Gasteiger partial charge in [0.1, 0.15) is 11.4 Å². The van der Waals surface area contributed by atoms with Crippen LogP contribution in [0.1, 0.15) is 38.2 Å². The molecule has 7 nitrogen and oxygen atoms in total. The molecule has 0 unspecified atom stereocenters. The minimum atomic E-state index is -0.462. The number of thioether (sulfide) groups is 1. The van der Waals surface area contributed by atoms with E-state index in [0.29, 0.717) is 24.2 Å². The van der Waals surface area contributed by atoms with Gasteiger partial charge >= 0.3 is 5.69 Å². The maximum absolute atomic E-state index is 12.4. The number of amidine groups is 1. The number of aliphatic imine (C=N–C) groups is 1. The number of hydrogen-bond donors (Lipinski definition) is 2. The summed E-state index contributed by atoms with van der Waals surface area (Å²) in [5.41, 5.74) is 6.43. The second-order valence-corrected chi connectivity index (χ2v) is 6.92. The molecule has 0 spiro atoms. The zero-order valence-corrected chi connectivity index (χ0v) is 13.7. The molecule has 1 aromatic heterocycles. The molecule has 4 rings (SSSR count). The van der Waals surface area contributed by atoms with Crippen LogP contribution in [0.3, 0.4) is 0 Å². The molecule has 1 aliphatic carbocycles. The molecule has 0 aromatic carbocycles. The summed E-state index contributed by atoms with van der Waals surface area (Å²) in [6, 6.07) is 0.619. The summed E-state index contributed by atoms with van der Waals surface area (Å²) in [6.45, 7) is 2.25. The lowest BCUT2D eigenvalue weighted by Gasteiger charge is -2.32. The monoisotopic (exact) mass is 333 g/mol. The predicted molar refractivity (Wildman–Crippen MR) is 92.3 cm³/mol. The summed E-state index contributed by atoms with van der Waals surface area (Å²) in [4.78, 5) is 33.6. The van der Waals surface area contributed by atoms with E-state index in [1.54, 1.807) is 0 Å². The van der Waals surface area contributed by atoms with Crippen LogP contribution in [0.5, 0.6) is 0 Å². The Morgan fingerprint density at radius 2 is 2.17 bits per heavy atom. The summed E-state index contributed by atoms with van der Waals surface area (Å²) in [7, 11) is 0. The van der Waals surface area contributed by atoms with Crippen LogP contribution in [0, 0.1) is 0 Å². The Hall–Kier alpha value is -1.96. The molecule has 23 heavy (non-hydrogen) atoms. The topological polar surface area (TPSA) is 96.5 Å². The van der Waals surface area contributed by atoms with Gasteiger partial charge in [0.2, 0.25) is 0 Å². The largest absolute Gasteiger partial charge is 0.384 e. The van der Waals surface area contributed by atoms with Gasteiger partial charge in [-0.1, -0.05) is 24.6 Å². The Morgan fingerprint density at radius 1 is 1.39 bits per heavy atom. The molecular weight excluding hydrogens is 314 g/mol. The lowest BCUT2D eigenvalue weighted by atomic mass is 9.90. The van der Waals surface area contributed by atoms with Gasteiger partial charge in [-0.15, -0.1) is 0 Å². The van der Waals surface area contributed by atoms with Crippen LogP contribution in [0.25, 0.3) is 5.70 Å². The first-order valence-corrected chi connectivity index (χ1v) is 8.86. The first-order valence-electron chi connectivity index (χ1n) is 7.98. The van der Waals surface area contributed by atoms with Crippen LogP contribution in [-0.2, 0) is 6.54 Å². The van der Waals surface area contributed by atoms with Crippen molar-refractivity contribution in [3.8, 4) is 0 Å². The third-order valence-corrected chi connectivity index (χ3v) is 5.71. The number of aromatic nitrogens is 2. The third-order valence-electron chi connectivity index (χ3n) is 4.86. The molecular formula is C15H19N5O2S. The number of fused-ring (bicyclic) bond motifs is 3. The van der Waals surface area contributed by atoms with Gasteiger partial charge in [-0.2, -0.15) is 0 Å². The van der Waals surface area contributed by atoms with Gasteiger partial charge in [0, 0.05) is 12.0 Å². The highest BCUT2D eigenvalue weighted by atomic mass is 32.2. The Kier molecular flexibility index (Phi) is 3.37. The zero-order chi connectivity index (χ0) is 16.1. The number of hydrogen-bond acceptors (Lipinski definition) is 6. The van der Waals surface area contributed by atoms with Crippen molar-refractivity contribution in [1.29, 1.82) is 0 Å². The zero-order valence-electron chi connectivity index (χ0n) is 12.9. The van der Waals surface area contributed by atoms with Gasteiger partial charge < -0.3 is 10.6 Å². The van der Waals surface area contributed by atoms with Crippen molar-refractivity contribution >= 4 is 28.4 Å². The number of H-pyrrole nitrogens is 1. The molecule has 3 N–H and O–H groups in total. The molecule has 0 bridgehead atoms.